The summed E-state index contributed by atoms with van der Waals surface area (Å²) in [4.78, 5) is 23.7. The van der Waals surface area contributed by atoms with Crippen molar-refractivity contribution in [3.8, 4) is 0 Å². The zero-order valence-electron chi connectivity index (χ0n) is 13.5. The Kier molecular flexibility index (Phi) is 7.74. The molecule has 11 heteroatoms. The molecule has 0 aliphatic carbocycles. The minimum absolute atomic E-state index is 0. The lowest BCUT2D eigenvalue weighted by atomic mass is 10.2. The van der Waals surface area contributed by atoms with Crippen molar-refractivity contribution < 1.29 is 18.1 Å². The SMILES string of the molecule is Cl.NCC1CCCN1C(=O)CCNS(=O)(=O)c1ccc([N+](=O)[O-])cc1. The molecule has 1 fully saturated rings. The van der Waals surface area contributed by atoms with Gasteiger partial charge in [-0.05, 0) is 25.0 Å². The Morgan fingerprint density at radius 1 is 1.36 bits per heavy atom. The second kappa shape index (κ2) is 9.09. The van der Waals surface area contributed by atoms with Gasteiger partial charge in [0.2, 0.25) is 15.9 Å². The maximum Gasteiger partial charge on any atom is 0.269 e. The van der Waals surface area contributed by atoms with E-state index in [2.05, 4.69) is 4.72 Å². The molecule has 0 saturated carbocycles. The normalized spacial score (nSPS) is 17.2. The van der Waals surface area contributed by atoms with Crippen LogP contribution >= 0.6 is 12.4 Å². The molecule has 1 aromatic rings. The summed E-state index contributed by atoms with van der Waals surface area (Å²) in [5.41, 5.74) is 5.43. The van der Waals surface area contributed by atoms with Crippen LogP contribution in [0.1, 0.15) is 19.3 Å². The van der Waals surface area contributed by atoms with E-state index in [1.165, 1.54) is 0 Å². The number of benzene rings is 1. The van der Waals surface area contributed by atoms with Gasteiger partial charge in [-0.1, -0.05) is 0 Å². The highest BCUT2D eigenvalue weighted by atomic mass is 35.5. The van der Waals surface area contributed by atoms with Crippen molar-refractivity contribution in [3.05, 3.63) is 34.4 Å². The number of nitrogens with one attached hydrogen (secondary N) is 1. The molecule has 0 radical (unpaired) electrons. The molecule has 0 aromatic heterocycles. The average Bonchev–Trinajstić information content (AvgIpc) is 3.03. The highest BCUT2D eigenvalue weighted by Crippen LogP contribution is 2.18. The summed E-state index contributed by atoms with van der Waals surface area (Å²) >= 11 is 0. The molecule has 140 valence electrons. The summed E-state index contributed by atoms with van der Waals surface area (Å²) in [6.45, 7) is 1.02. The molecule has 1 aromatic carbocycles. The largest absolute Gasteiger partial charge is 0.338 e. The van der Waals surface area contributed by atoms with Crippen LogP contribution in [0.2, 0.25) is 0 Å². The maximum absolute atomic E-state index is 12.1. The van der Waals surface area contributed by atoms with Gasteiger partial charge in [-0.3, -0.25) is 14.9 Å². The summed E-state index contributed by atoms with van der Waals surface area (Å²) in [5.74, 6) is -0.130. The molecular formula is C14H21ClN4O5S. The molecule has 3 N–H and O–H groups in total. The van der Waals surface area contributed by atoms with E-state index in [1.54, 1.807) is 4.90 Å². The Morgan fingerprint density at radius 2 is 2.00 bits per heavy atom. The second-order valence-electron chi connectivity index (χ2n) is 5.52. The van der Waals surface area contributed by atoms with E-state index in [-0.39, 0.29) is 47.9 Å². The average molecular weight is 393 g/mol. The van der Waals surface area contributed by atoms with Crippen LogP contribution in [0.5, 0.6) is 0 Å². The molecular weight excluding hydrogens is 372 g/mol. The van der Waals surface area contributed by atoms with E-state index in [1.807, 2.05) is 0 Å². The Hall–Kier alpha value is -1.75. The van der Waals surface area contributed by atoms with Crippen molar-refractivity contribution >= 4 is 34.0 Å². The van der Waals surface area contributed by atoms with Gasteiger partial charge in [0.25, 0.3) is 5.69 Å². The first-order valence-electron chi connectivity index (χ1n) is 7.59. The molecule has 1 heterocycles. The topological polar surface area (TPSA) is 136 Å². The summed E-state index contributed by atoms with van der Waals surface area (Å²) in [5, 5.41) is 10.6. The van der Waals surface area contributed by atoms with Crippen molar-refractivity contribution in [1.29, 1.82) is 0 Å². The molecule has 1 saturated heterocycles. The number of nitro benzene ring substituents is 1. The predicted molar refractivity (Wildman–Crippen MR) is 93.9 cm³/mol. The number of carbonyl (C=O) groups is 1. The van der Waals surface area contributed by atoms with Gasteiger partial charge in [-0.15, -0.1) is 12.4 Å². The zero-order chi connectivity index (χ0) is 17.7. The Labute approximate surface area is 152 Å². The molecule has 25 heavy (non-hydrogen) atoms. The molecule has 1 aliphatic heterocycles. The van der Waals surface area contributed by atoms with Crippen LogP contribution in [-0.2, 0) is 14.8 Å². The molecule has 0 bridgehead atoms. The Bertz CT molecular complexity index is 710. The highest BCUT2D eigenvalue weighted by Gasteiger charge is 2.27. The van der Waals surface area contributed by atoms with Gasteiger partial charge in [0.05, 0.1) is 9.82 Å². The fourth-order valence-electron chi connectivity index (χ4n) is 2.68. The fourth-order valence-corrected chi connectivity index (χ4v) is 3.71. The first-order valence-corrected chi connectivity index (χ1v) is 9.07. The standard InChI is InChI=1S/C14H20N4O5S.ClH/c15-10-12-2-1-9-17(12)14(19)7-8-16-24(22,23)13-5-3-11(4-6-13)18(20)21;/h3-6,12,16H,1-2,7-10,15H2;1H. The van der Waals surface area contributed by atoms with Gasteiger partial charge in [0.1, 0.15) is 0 Å². The number of sulfonamides is 1. The quantitative estimate of drug-likeness (QED) is 0.516. The summed E-state index contributed by atoms with van der Waals surface area (Å²) in [7, 11) is -3.81. The summed E-state index contributed by atoms with van der Waals surface area (Å²) in [6, 6.07) is 4.59. The van der Waals surface area contributed by atoms with Crippen LogP contribution in [0.25, 0.3) is 0 Å². The molecule has 1 atom stereocenters. The number of rotatable bonds is 7. The van der Waals surface area contributed by atoms with E-state index in [0.29, 0.717) is 13.1 Å². The van der Waals surface area contributed by atoms with Crippen LogP contribution in [0.15, 0.2) is 29.2 Å². The number of amides is 1. The Balaban J connectivity index is 0.00000312. The van der Waals surface area contributed by atoms with Crippen LogP contribution in [-0.4, -0.2) is 49.8 Å². The summed E-state index contributed by atoms with van der Waals surface area (Å²) in [6.07, 6.45) is 1.82. The summed E-state index contributed by atoms with van der Waals surface area (Å²) < 4.78 is 26.6. The fraction of sp³-hybridized carbons (Fsp3) is 0.500. The van der Waals surface area contributed by atoms with Gasteiger partial charge in [-0.25, -0.2) is 13.1 Å². The molecule has 1 aliphatic rings. The van der Waals surface area contributed by atoms with Gasteiger partial charge < -0.3 is 10.6 Å². The first kappa shape index (κ1) is 21.3. The van der Waals surface area contributed by atoms with Gasteiger partial charge >= 0.3 is 0 Å². The zero-order valence-corrected chi connectivity index (χ0v) is 15.1. The van der Waals surface area contributed by atoms with Crippen LogP contribution in [0, 0.1) is 10.1 Å². The third-order valence-corrected chi connectivity index (χ3v) is 5.44. The third kappa shape index (κ3) is 5.36. The smallest absolute Gasteiger partial charge is 0.269 e. The lowest BCUT2D eigenvalue weighted by Gasteiger charge is -2.23. The van der Waals surface area contributed by atoms with Gasteiger partial charge in [0, 0.05) is 44.2 Å². The number of halogens is 1. The van der Waals surface area contributed by atoms with E-state index in [9.17, 15) is 23.3 Å². The Morgan fingerprint density at radius 3 is 2.56 bits per heavy atom. The van der Waals surface area contributed by atoms with Gasteiger partial charge in [-0.2, -0.15) is 0 Å². The number of non-ortho nitro benzene ring substituents is 1. The molecule has 1 amide bonds. The molecule has 1 unspecified atom stereocenters. The number of hydrogen-bond donors (Lipinski definition) is 2. The number of hydrogen-bond acceptors (Lipinski definition) is 6. The predicted octanol–water partition coefficient (Wildman–Crippen LogP) is 0.635. The van der Waals surface area contributed by atoms with Crippen molar-refractivity contribution in [3.63, 3.8) is 0 Å². The van der Waals surface area contributed by atoms with Crippen LogP contribution in [0.3, 0.4) is 0 Å². The number of nitrogens with two attached hydrogens (primary N) is 1. The minimum Gasteiger partial charge on any atom is -0.338 e. The van der Waals surface area contributed by atoms with E-state index in [4.69, 9.17) is 5.73 Å². The van der Waals surface area contributed by atoms with Crippen molar-refractivity contribution in [1.82, 2.24) is 9.62 Å². The first-order chi connectivity index (χ1) is 11.3. The molecule has 9 nitrogen and oxygen atoms in total. The molecule has 2 rings (SSSR count). The maximum atomic E-state index is 12.1. The number of nitrogens with zero attached hydrogens (tertiary/aromatic N) is 2. The monoisotopic (exact) mass is 392 g/mol. The number of nitro groups is 1. The van der Waals surface area contributed by atoms with Crippen LogP contribution < -0.4 is 10.5 Å². The van der Waals surface area contributed by atoms with Crippen molar-refractivity contribution in [2.24, 2.45) is 5.73 Å². The van der Waals surface area contributed by atoms with E-state index >= 15 is 0 Å². The lowest BCUT2D eigenvalue weighted by Crippen LogP contribution is -2.41. The number of carbonyl (C=O) groups excluding carboxylic acids is 1. The highest BCUT2D eigenvalue weighted by molar-refractivity contribution is 7.89. The van der Waals surface area contributed by atoms with E-state index < -0.39 is 14.9 Å². The van der Waals surface area contributed by atoms with Crippen molar-refractivity contribution in [2.45, 2.75) is 30.2 Å². The second-order valence-corrected chi connectivity index (χ2v) is 7.28. The van der Waals surface area contributed by atoms with E-state index in [0.717, 1.165) is 37.1 Å². The molecule has 0 spiro atoms. The van der Waals surface area contributed by atoms with Crippen LogP contribution in [0.4, 0.5) is 5.69 Å². The lowest BCUT2D eigenvalue weighted by molar-refractivity contribution is -0.384. The van der Waals surface area contributed by atoms with Crippen molar-refractivity contribution in [2.75, 3.05) is 19.6 Å². The third-order valence-electron chi connectivity index (χ3n) is 3.96. The van der Waals surface area contributed by atoms with Gasteiger partial charge in [0.15, 0.2) is 0 Å². The minimum atomic E-state index is -3.81. The number of likely N-dealkylation sites (tertiary alicyclic amines) is 1.